The maximum absolute atomic E-state index is 11.7. The minimum Gasteiger partial charge on any atom is -0.506 e. The second-order valence-electron chi connectivity index (χ2n) is 6.21. The molecule has 0 saturated carbocycles. The molecular formula is C22H20N2O10. The third kappa shape index (κ3) is 5.01. The van der Waals surface area contributed by atoms with Gasteiger partial charge >= 0.3 is 23.9 Å². The Balaban J connectivity index is 0.000000257. The molecule has 0 saturated heterocycles. The molecule has 2 N–H and O–H groups in total. The number of phenolic OH excluding ortho intramolecular Hbond substituents is 2. The van der Waals surface area contributed by atoms with Crippen LogP contribution in [-0.2, 0) is 18.9 Å². The van der Waals surface area contributed by atoms with Crippen LogP contribution in [0.5, 0.6) is 11.5 Å². The zero-order valence-electron chi connectivity index (χ0n) is 18.5. The van der Waals surface area contributed by atoms with E-state index in [2.05, 4.69) is 28.9 Å². The van der Waals surface area contributed by atoms with Crippen LogP contribution in [0.2, 0.25) is 0 Å². The second-order valence-corrected chi connectivity index (χ2v) is 6.21. The number of aromatic nitrogens is 2. The molecule has 12 nitrogen and oxygen atoms in total. The summed E-state index contributed by atoms with van der Waals surface area (Å²) in [6.45, 7) is 0. The van der Waals surface area contributed by atoms with Crippen molar-refractivity contribution in [3.63, 3.8) is 0 Å². The number of hydrogen-bond donors (Lipinski definition) is 2. The van der Waals surface area contributed by atoms with Crippen molar-refractivity contribution < 1.29 is 48.3 Å². The van der Waals surface area contributed by atoms with E-state index < -0.39 is 46.5 Å². The van der Waals surface area contributed by atoms with Crippen molar-refractivity contribution in [1.82, 2.24) is 9.97 Å². The van der Waals surface area contributed by atoms with Gasteiger partial charge in [-0.25, -0.2) is 24.2 Å². The van der Waals surface area contributed by atoms with Crippen molar-refractivity contribution in [3.8, 4) is 11.5 Å². The summed E-state index contributed by atoms with van der Waals surface area (Å²) in [7, 11) is 4.63. The zero-order valence-corrected chi connectivity index (χ0v) is 18.5. The van der Waals surface area contributed by atoms with Crippen LogP contribution in [0.25, 0.3) is 10.9 Å². The molecule has 2 heterocycles. The van der Waals surface area contributed by atoms with Gasteiger partial charge in [-0.05, 0) is 24.3 Å². The van der Waals surface area contributed by atoms with E-state index in [-0.39, 0.29) is 22.2 Å². The van der Waals surface area contributed by atoms with E-state index in [4.69, 9.17) is 0 Å². The summed E-state index contributed by atoms with van der Waals surface area (Å²) in [5, 5.41) is 20.4. The number of hydrogen-bond acceptors (Lipinski definition) is 12. The smallest absolute Gasteiger partial charge is 0.357 e. The van der Waals surface area contributed by atoms with Gasteiger partial charge in [0.25, 0.3) is 0 Å². The van der Waals surface area contributed by atoms with Crippen LogP contribution < -0.4 is 0 Å². The molecule has 0 unspecified atom stereocenters. The van der Waals surface area contributed by atoms with Crippen molar-refractivity contribution in [2.75, 3.05) is 28.4 Å². The highest BCUT2D eigenvalue weighted by atomic mass is 16.5. The van der Waals surface area contributed by atoms with Crippen molar-refractivity contribution in [1.29, 1.82) is 0 Å². The van der Waals surface area contributed by atoms with Gasteiger partial charge in [-0.3, -0.25) is 4.98 Å². The SMILES string of the molecule is COC(=O)c1c(C(=O)OC)c(O)c2ncccc2c1O.COC(=O)c1cccnc1C(=O)OC. The van der Waals surface area contributed by atoms with Gasteiger partial charge in [0, 0.05) is 17.8 Å². The summed E-state index contributed by atoms with van der Waals surface area (Å²) < 4.78 is 18.0. The summed E-state index contributed by atoms with van der Waals surface area (Å²) in [6.07, 6.45) is 2.78. The maximum atomic E-state index is 11.7. The van der Waals surface area contributed by atoms with Crippen molar-refractivity contribution in [2.45, 2.75) is 0 Å². The molecule has 0 aliphatic rings. The highest BCUT2D eigenvalue weighted by Gasteiger charge is 2.30. The number of esters is 4. The third-order valence-electron chi connectivity index (χ3n) is 4.38. The Morgan fingerprint density at radius 3 is 1.74 bits per heavy atom. The number of ether oxygens (including phenoxy) is 4. The first-order chi connectivity index (χ1) is 16.2. The number of nitrogens with zero attached hydrogens (tertiary/aromatic N) is 2. The van der Waals surface area contributed by atoms with Gasteiger partial charge in [0.1, 0.15) is 22.4 Å². The summed E-state index contributed by atoms with van der Waals surface area (Å²) in [5.74, 6) is -4.27. The quantitative estimate of drug-likeness (QED) is 0.321. The van der Waals surface area contributed by atoms with E-state index in [0.717, 1.165) is 14.2 Å². The molecule has 0 bridgehead atoms. The fourth-order valence-corrected chi connectivity index (χ4v) is 2.82. The number of methoxy groups -OCH3 is 4. The van der Waals surface area contributed by atoms with E-state index in [1.54, 1.807) is 6.07 Å². The van der Waals surface area contributed by atoms with Crippen LogP contribution in [0.4, 0.5) is 0 Å². The summed E-state index contributed by atoms with van der Waals surface area (Å²) in [5.41, 5.74) is -0.901. The van der Waals surface area contributed by atoms with Crippen LogP contribution in [-0.4, -0.2) is 72.5 Å². The maximum Gasteiger partial charge on any atom is 0.357 e. The molecule has 178 valence electrons. The molecule has 0 radical (unpaired) electrons. The predicted molar refractivity (Wildman–Crippen MR) is 115 cm³/mol. The standard InChI is InChI=1S/C13H11NO6.C9H9NO4/c1-19-12(17)7-8(13(18)20-2)11(16)9-6(10(7)15)4-3-5-14-9;1-13-8(11)6-4-3-5-10-7(6)9(12)14-2/h3-5,15-16H,1-2H3;3-5H,1-2H3. The molecule has 2 aromatic heterocycles. The lowest BCUT2D eigenvalue weighted by molar-refractivity contribution is 0.0549. The predicted octanol–water partition coefficient (Wildman–Crippen LogP) is 1.87. The molecule has 12 heteroatoms. The Morgan fingerprint density at radius 1 is 0.676 bits per heavy atom. The third-order valence-corrected chi connectivity index (χ3v) is 4.38. The van der Waals surface area contributed by atoms with E-state index in [1.807, 2.05) is 0 Å². The molecule has 0 aliphatic carbocycles. The molecule has 0 amide bonds. The number of rotatable bonds is 4. The number of fused-ring (bicyclic) bond motifs is 1. The van der Waals surface area contributed by atoms with Gasteiger partial charge in [0.15, 0.2) is 11.4 Å². The monoisotopic (exact) mass is 472 g/mol. The van der Waals surface area contributed by atoms with E-state index >= 15 is 0 Å². The number of aromatic hydroxyl groups is 2. The molecule has 3 rings (SSSR count). The fourth-order valence-electron chi connectivity index (χ4n) is 2.82. The Labute approximate surface area is 192 Å². The number of pyridine rings is 2. The van der Waals surface area contributed by atoms with Crippen molar-refractivity contribution in [2.24, 2.45) is 0 Å². The Hall–Kier alpha value is -4.74. The Kier molecular flexibility index (Phi) is 8.42. The number of benzene rings is 1. The molecule has 1 aromatic carbocycles. The van der Waals surface area contributed by atoms with Crippen LogP contribution in [0.1, 0.15) is 41.6 Å². The van der Waals surface area contributed by atoms with Gasteiger partial charge in [0.05, 0.1) is 34.0 Å². The second kappa shape index (κ2) is 11.2. The minimum atomic E-state index is -0.981. The first kappa shape index (κ1) is 25.5. The molecule has 0 atom stereocenters. The lowest BCUT2D eigenvalue weighted by Gasteiger charge is -2.13. The summed E-state index contributed by atoms with van der Waals surface area (Å²) in [4.78, 5) is 53.5. The molecular weight excluding hydrogens is 452 g/mol. The molecule has 0 spiro atoms. The van der Waals surface area contributed by atoms with Gasteiger partial charge in [-0.1, -0.05) is 0 Å². The molecule has 0 aliphatic heterocycles. The van der Waals surface area contributed by atoms with E-state index in [0.29, 0.717) is 0 Å². The van der Waals surface area contributed by atoms with E-state index in [1.165, 1.54) is 44.8 Å². The first-order valence-corrected chi connectivity index (χ1v) is 9.34. The lowest BCUT2D eigenvalue weighted by atomic mass is 10.0. The topological polar surface area (TPSA) is 171 Å². The van der Waals surface area contributed by atoms with Crippen LogP contribution >= 0.6 is 0 Å². The van der Waals surface area contributed by atoms with E-state index in [9.17, 15) is 29.4 Å². The average molecular weight is 472 g/mol. The average Bonchev–Trinajstić information content (AvgIpc) is 2.89. The van der Waals surface area contributed by atoms with Gasteiger partial charge in [0.2, 0.25) is 0 Å². The van der Waals surface area contributed by atoms with Crippen LogP contribution in [0, 0.1) is 0 Å². The van der Waals surface area contributed by atoms with Crippen LogP contribution in [0.3, 0.4) is 0 Å². The largest absolute Gasteiger partial charge is 0.506 e. The first-order valence-electron chi connectivity index (χ1n) is 9.34. The lowest BCUT2D eigenvalue weighted by Crippen LogP contribution is -2.13. The minimum absolute atomic E-state index is 0.0157. The number of carbonyl (C=O) groups excluding carboxylic acids is 4. The summed E-state index contributed by atoms with van der Waals surface area (Å²) >= 11 is 0. The van der Waals surface area contributed by atoms with Crippen molar-refractivity contribution in [3.05, 3.63) is 59.0 Å². The van der Waals surface area contributed by atoms with Gasteiger partial charge in [-0.15, -0.1) is 0 Å². The summed E-state index contributed by atoms with van der Waals surface area (Å²) in [6, 6.07) is 5.95. The normalized spacial score (nSPS) is 9.88. The Bertz CT molecular complexity index is 1160. The number of carbonyl (C=O) groups is 4. The van der Waals surface area contributed by atoms with Gasteiger partial charge in [-0.2, -0.15) is 0 Å². The van der Waals surface area contributed by atoms with Crippen molar-refractivity contribution >= 4 is 34.8 Å². The molecule has 34 heavy (non-hydrogen) atoms. The van der Waals surface area contributed by atoms with Crippen LogP contribution in [0.15, 0.2) is 36.7 Å². The highest BCUT2D eigenvalue weighted by Crippen LogP contribution is 2.39. The zero-order chi connectivity index (χ0) is 25.4. The molecule has 3 aromatic rings. The molecule has 0 fully saturated rings. The fraction of sp³-hybridized carbons (Fsp3) is 0.182. The highest BCUT2D eigenvalue weighted by molar-refractivity contribution is 6.13. The van der Waals surface area contributed by atoms with Gasteiger partial charge < -0.3 is 29.2 Å². The number of phenols is 2. The Morgan fingerprint density at radius 2 is 1.18 bits per heavy atom.